The molecule has 2 aromatic carbocycles. The maximum absolute atomic E-state index is 11.9. The second-order valence-electron chi connectivity index (χ2n) is 9.58. The van der Waals surface area contributed by atoms with Crippen LogP contribution in [0.1, 0.15) is 38.3 Å². The molecule has 6 rings (SSSR count). The van der Waals surface area contributed by atoms with E-state index >= 15 is 0 Å². The molecule has 32 heavy (non-hydrogen) atoms. The average Bonchev–Trinajstić information content (AvgIpc) is 3.18. The molecule has 1 amide bonds. The second kappa shape index (κ2) is 8.58. The summed E-state index contributed by atoms with van der Waals surface area (Å²) in [6, 6.07) is 17.7. The summed E-state index contributed by atoms with van der Waals surface area (Å²) in [4.78, 5) is 14.4. The predicted octanol–water partition coefficient (Wildman–Crippen LogP) is 4.55. The number of alkyl carbamates (subject to hydrolysis) is 1. The Morgan fingerprint density at radius 3 is 2.75 bits per heavy atom. The maximum Gasteiger partial charge on any atom is 0.407 e. The van der Waals surface area contributed by atoms with Crippen molar-refractivity contribution in [2.45, 2.75) is 44.7 Å². The van der Waals surface area contributed by atoms with E-state index in [9.17, 15) is 4.79 Å². The van der Waals surface area contributed by atoms with Gasteiger partial charge < -0.3 is 10.1 Å². The molecule has 6 nitrogen and oxygen atoms in total. The van der Waals surface area contributed by atoms with Gasteiger partial charge in [-0.05, 0) is 62.1 Å². The molecule has 168 valence electrons. The number of rotatable bonds is 5. The van der Waals surface area contributed by atoms with Gasteiger partial charge in [0.1, 0.15) is 6.61 Å². The van der Waals surface area contributed by atoms with Gasteiger partial charge in [0.05, 0.1) is 5.69 Å². The monoisotopic (exact) mass is 432 g/mol. The van der Waals surface area contributed by atoms with E-state index in [1.807, 2.05) is 13.8 Å². The third kappa shape index (κ3) is 4.11. The van der Waals surface area contributed by atoms with Crippen LogP contribution in [0.25, 0.3) is 22.0 Å². The minimum Gasteiger partial charge on any atom is -0.448 e. The number of fused-ring (bicyclic) bond motifs is 4. The van der Waals surface area contributed by atoms with Crippen LogP contribution in [0.15, 0.2) is 48.5 Å². The third-order valence-electron chi connectivity index (χ3n) is 7.03. The van der Waals surface area contributed by atoms with Crippen LogP contribution in [-0.2, 0) is 11.8 Å². The molecule has 4 unspecified atom stereocenters. The first-order chi connectivity index (χ1) is 15.5. The van der Waals surface area contributed by atoms with E-state index in [1.165, 1.54) is 22.9 Å². The number of hydrogen-bond acceptors (Lipinski definition) is 4. The van der Waals surface area contributed by atoms with Gasteiger partial charge in [0.15, 0.2) is 0 Å². The minimum atomic E-state index is -0.314. The van der Waals surface area contributed by atoms with Gasteiger partial charge in [-0.1, -0.05) is 36.4 Å². The van der Waals surface area contributed by atoms with Crippen molar-refractivity contribution in [3.8, 4) is 11.3 Å². The molecule has 0 aliphatic carbocycles. The predicted molar refractivity (Wildman–Crippen MR) is 127 cm³/mol. The second-order valence-corrected chi connectivity index (χ2v) is 9.58. The highest BCUT2D eigenvalue weighted by molar-refractivity contribution is 5.86. The number of ether oxygens (including phenoxy) is 1. The van der Waals surface area contributed by atoms with Crippen molar-refractivity contribution in [2.75, 3.05) is 19.7 Å². The highest BCUT2D eigenvalue weighted by Gasteiger charge is 2.42. The van der Waals surface area contributed by atoms with E-state index < -0.39 is 0 Å². The number of aryl methyl sites for hydroxylation is 1. The lowest BCUT2D eigenvalue weighted by atomic mass is 9.74. The molecule has 4 heterocycles. The smallest absolute Gasteiger partial charge is 0.407 e. The van der Waals surface area contributed by atoms with Crippen LogP contribution in [0.4, 0.5) is 4.79 Å². The van der Waals surface area contributed by atoms with Crippen LogP contribution in [0.3, 0.4) is 0 Å². The summed E-state index contributed by atoms with van der Waals surface area (Å²) >= 11 is 0. The first kappa shape index (κ1) is 21.0. The normalized spacial score (nSPS) is 24.8. The Bertz CT molecular complexity index is 1120. The SMILES string of the molecule is CC(C)NC(=O)OCC1CC2CCN1CC2c1cc(-c2ccc3ccccc3c2)nn1C. The lowest BCUT2D eigenvalue weighted by Gasteiger charge is -2.49. The standard InChI is InChI=1S/C26H32N4O2/c1-17(2)27-26(31)32-16-22-13-20-10-11-30(22)15-23(20)25-14-24(28-29(25)3)21-9-8-18-6-4-5-7-19(18)12-21/h4-9,12,14,17,20,22-23H,10-11,13,15-16H2,1-3H3,(H,27,31). The molecule has 1 N–H and O–H groups in total. The van der Waals surface area contributed by atoms with Gasteiger partial charge in [-0.2, -0.15) is 5.10 Å². The quantitative estimate of drug-likeness (QED) is 0.642. The van der Waals surface area contributed by atoms with Crippen molar-refractivity contribution in [2.24, 2.45) is 13.0 Å². The Kier molecular flexibility index (Phi) is 5.64. The van der Waals surface area contributed by atoms with Crippen molar-refractivity contribution in [1.29, 1.82) is 0 Å². The van der Waals surface area contributed by atoms with Crippen LogP contribution in [0.5, 0.6) is 0 Å². The number of hydrogen-bond donors (Lipinski definition) is 1. The zero-order valence-electron chi connectivity index (χ0n) is 19.1. The van der Waals surface area contributed by atoms with E-state index in [2.05, 4.69) is 70.5 Å². The van der Waals surface area contributed by atoms with E-state index in [-0.39, 0.29) is 12.1 Å². The van der Waals surface area contributed by atoms with Crippen LogP contribution >= 0.6 is 0 Å². The van der Waals surface area contributed by atoms with E-state index in [0.29, 0.717) is 24.5 Å². The zero-order chi connectivity index (χ0) is 22.2. The molecule has 3 aromatic rings. The van der Waals surface area contributed by atoms with Crippen LogP contribution < -0.4 is 5.32 Å². The fourth-order valence-electron chi connectivity index (χ4n) is 5.41. The van der Waals surface area contributed by atoms with E-state index in [0.717, 1.165) is 30.8 Å². The number of benzene rings is 2. The minimum absolute atomic E-state index is 0.0941. The Balaban J connectivity index is 1.30. The molecule has 3 aliphatic rings. The van der Waals surface area contributed by atoms with Gasteiger partial charge in [-0.3, -0.25) is 9.58 Å². The van der Waals surface area contributed by atoms with E-state index in [1.54, 1.807) is 0 Å². The lowest BCUT2D eigenvalue weighted by molar-refractivity contribution is -0.00441. The topological polar surface area (TPSA) is 59.4 Å². The van der Waals surface area contributed by atoms with Crippen molar-refractivity contribution >= 4 is 16.9 Å². The molecule has 0 saturated carbocycles. The summed E-state index contributed by atoms with van der Waals surface area (Å²) in [6.45, 7) is 6.43. The number of piperidine rings is 3. The number of carbonyl (C=O) groups is 1. The highest BCUT2D eigenvalue weighted by Crippen LogP contribution is 2.42. The maximum atomic E-state index is 11.9. The van der Waals surface area contributed by atoms with Gasteiger partial charge in [0, 0.05) is 42.9 Å². The zero-order valence-corrected chi connectivity index (χ0v) is 19.1. The Labute approximate surface area is 189 Å². The largest absolute Gasteiger partial charge is 0.448 e. The van der Waals surface area contributed by atoms with Gasteiger partial charge in [0.25, 0.3) is 0 Å². The fraction of sp³-hybridized carbons (Fsp3) is 0.462. The summed E-state index contributed by atoms with van der Waals surface area (Å²) in [6.07, 6.45) is 1.94. The molecule has 2 bridgehead atoms. The average molecular weight is 433 g/mol. The number of nitrogens with one attached hydrogen (secondary N) is 1. The van der Waals surface area contributed by atoms with Crippen molar-refractivity contribution in [1.82, 2.24) is 20.0 Å². The summed E-state index contributed by atoms with van der Waals surface area (Å²) in [5.41, 5.74) is 3.50. The van der Waals surface area contributed by atoms with Gasteiger partial charge in [-0.25, -0.2) is 4.79 Å². The van der Waals surface area contributed by atoms with Crippen LogP contribution in [0.2, 0.25) is 0 Å². The van der Waals surface area contributed by atoms with Crippen molar-refractivity contribution < 1.29 is 9.53 Å². The Morgan fingerprint density at radius 1 is 1.19 bits per heavy atom. The first-order valence-corrected chi connectivity index (χ1v) is 11.7. The highest BCUT2D eigenvalue weighted by atomic mass is 16.5. The lowest BCUT2D eigenvalue weighted by Crippen LogP contribution is -2.54. The number of amides is 1. The Hall–Kier alpha value is -2.86. The molecule has 1 aromatic heterocycles. The molecule has 6 heteroatoms. The summed E-state index contributed by atoms with van der Waals surface area (Å²) < 4.78 is 7.57. The molecular formula is C26H32N4O2. The molecule has 3 aliphatic heterocycles. The van der Waals surface area contributed by atoms with E-state index in [4.69, 9.17) is 9.84 Å². The third-order valence-corrected chi connectivity index (χ3v) is 7.03. The number of carbonyl (C=O) groups excluding carboxylic acids is 1. The molecule has 0 spiro atoms. The molecule has 3 fully saturated rings. The van der Waals surface area contributed by atoms with Gasteiger partial charge in [-0.15, -0.1) is 0 Å². The number of aromatic nitrogens is 2. The fourth-order valence-corrected chi connectivity index (χ4v) is 5.41. The number of nitrogens with zero attached hydrogens (tertiary/aromatic N) is 3. The Morgan fingerprint density at radius 2 is 2.00 bits per heavy atom. The van der Waals surface area contributed by atoms with Crippen LogP contribution in [-0.4, -0.2) is 52.6 Å². The molecule has 4 atom stereocenters. The molecular weight excluding hydrogens is 400 g/mol. The van der Waals surface area contributed by atoms with Gasteiger partial charge >= 0.3 is 6.09 Å². The molecule has 0 radical (unpaired) electrons. The first-order valence-electron chi connectivity index (χ1n) is 11.7. The van der Waals surface area contributed by atoms with Gasteiger partial charge in [0.2, 0.25) is 0 Å². The summed E-state index contributed by atoms with van der Waals surface area (Å²) in [5.74, 6) is 1.07. The summed E-state index contributed by atoms with van der Waals surface area (Å²) in [5, 5.41) is 10.2. The summed E-state index contributed by atoms with van der Waals surface area (Å²) in [7, 11) is 2.06. The molecule has 3 saturated heterocycles. The van der Waals surface area contributed by atoms with Crippen LogP contribution in [0, 0.1) is 5.92 Å². The van der Waals surface area contributed by atoms with Crippen molar-refractivity contribution in [3.63, 3.8) is 0 Å². The van der Waals surface area contributed by atoms with Crippen molar-refractivity contribution in [3.05, 3.63) is 54.2 Å².